The maximum Gasteiger partial charge on any atom is 0.223 e. The highest BCUT2D eigenvalue weighted by atomic mass is 32.2. The Hall–Kier alpha value is -1.36. The molecule has 0 saturated carbocycles. The fourth-order valence-corrected chi connectivity index (χ4v) is 5.02. The number of nitrogens with zero attached hydrogens (tertiary/aromatic N) is 1. The van der Waals surface area contributed by atoms with Crippen molar-refractivity contribution in [1.82, 2.24) is 4.90 Å². The van der Waals surface area contributed by atoms with Crippen LogP contribution < -0.4 is 0 Å². The van der Waals surface area contributed by atoms with Crippen LogP contribution in [-0.4, -0.2) is 43.3 Å². The first kappa shape index (κ1) is 18.0. The zero-order chi connectivity index (χ0) is 17.0. The summed E-state index contributed by atoms with van der Waals surface area (Å²) in [5, 5.41) is 0. The van der Waals surface area contributed by atoms with Crippen LogP contribution >= 0.6 is 0 Å². The van der Waals surface area contributed by atoms with E-state index < -0.39 is 9.84 Å². The van der Waals surface area contributed by atoms with Crippen LogP contribution in [0.3, 0.4) is 0 Å². The highest BCUT2D eigenvalue weighted by Crippen LogP contribution is 2.20. The fourth-order valence-electron chi connectivity index (χ4n) is 3.28. The molecule has 1 atom stereocenters. The summed E-state index contributed by atoms with van der Waals surface area (Å²) < 4.78 is 23.4. The molecule has 1 unspecified atom stereocenters. The first-order chi connectivity index (χ1) is 10.8. The molecule has 0 spiro atoms. The van der Waals surface area contributed by atoms with Gasteiger partial charge in [0, 0.05) is 19.0 Å². The third-order valence-electron chi connectivity index (χ3n) is 4.54. The molecule has 4 nitrogen and oxygen atoms in total. The topological polar surface area (TPSA) is 54.5 Å². The Morgan fingerprint density at radius 3 is 2.61 bits per heavy atom. The highest BCUT2D eigenvalue weighted by molar-refractivity contribution is 7.91. The van der Waals surface area contributed by atoms with E-state index in [1.807, 2.05) is 6.92 Å². The van der Waals surface area contributed by atoms with Crippen molar-refractivity contribution in [3.8, 4) is 0 Å². The van der Waals surface area contributed by atoms with Crippen molar-refractivity contribution in [2.75, 3.05) is 18.1 Å². The molecular weight excluding hydrogens is 310 g/mol. The number of hydrogen-bond acceptors (Lipinski definition) is 3. The van der Waals surface area contributed by atoms with Crippen molar-refractivity contribution >= 4 is 15.7 Å². The molecule has 1 fully saturated rings. The van der Waals surface area contributed by atoms with Crippen LogP contribution in [0.15, 0.2) is 18.2 Å². The zero-order valence-corrected chi connectivity index (χ0v) is 15.2. The lowest BCUT2D eigenvalue weighted by atomic mass is 10.0. The van der Waals surface area contributed by atoms with E-state index in [4.69, 9.17) is 0 Å². The Labute approximate surface area is 139 Å². The summed E-state index contributed by atoms with van der Waals surface area (Å²) in [6.07, 6.45) is 2.59. The van der Waals surface area contributed by atoms with E-state index >= 15 is 0 Å². The summed E-state index contributed by atoms with van der Waals surface area (Å²) in [5.74, 6) is 0.416. The van der Waals surface area contributed by atoms with Crippen LogP contribution in [-0.2, 0) is 21.1 Å². The van der Waals surface area contributed by atoms with Gasteiger partial charge in [-0.05, 0) is 44.2 Å². The third kappa shape index (κ3) is 4.80. The van der Waals surface area contributed by atoms with Crippen molar-refractivity contribution in [3.63, 3.8) is 0 Å². The molecular formula is C18H27NO3S. The van der Waals surface area contributed by atoms with Gasteiger partial charge in [0.1, 0.15) is 0 Å². The quantitative estimate of drug-likeness (QED) is 0.802. The van der Waals surface area contributed by atoms with Gasteiger partial charge >= 0.3 is 0 Å². The van der Waals surface area contributed by atoms with Crippen molar-refractivity contribution < 1.29 is 13.2 Å². The maximum atomic E-state index is 12.6. The van der Waals surface area contributed by atoms with E-state index in [1.165, 1.54) is 16.7 Å². The van der Waals surface area contributed by atoms with Crippen molar-refractivity contribution in [2.45, 2.75) is 52.5 Å². The minimum Gasteiger partial charge on any atom is -0.339 e. The Kier molecular flexibility index (Phi) is 5.84. The standard InChI is InChI=1S/C18H27NO3S/c1-4-10-19(17-9-11-23(21,22)13-17)18(20)8-7-16-6-5-14(2)12-15(16)3/h5-6,12,17H,4,7-11,13H2,1-3H3. The second-order valence-corrected chi connectivity index (χ2v) is 8.80. The van der Waals surface area contributed by atoms with Gasteiger partial charge in [-0.1, -0.05) is 30.7 Å². The maximum absolute atomic E-state index is 12.6. The summed E-state index contributed by atoms with van der Waals surface area (Å²) in [5.41, 5.74) is 3.63. The van der Waals surface area contributed by atoms with E-state index in [1.54, 1.807) is 4.90 Å². The number of carbonyl (C=O) groups excluding carboxylic acids is 1. The highest BCUT2D eigenvalue weighted by Gasteiger charge is 2.33. The van der Waals surface area contributed by atoms with E-state index in [0.717, 1.165) is 6.42 Å². The SMILES string of the molecule is CCCN(C(=O)CCc1ccc(C)cc1C)C1CCS(=O)(=O)C1. The number of hydrogen-bond donors (Lipinski definition) is 0. The molecule has 128 valence electrons. The molecule has 0 aromatic heterocycles. The molecule has 1 saturated heterocycles. The van der Waals surface area contributed by atoms with E-state index in [9.17, 15) is 13.2 Å². The number of sulfone groups is 1. The lowest BCUT2D eigenvalue weighted by Crippen LogP contribution is -2.41. The average molecular weight is 337 g/mol. The predicted molar refractivity (Wildman–Crippen MR) is 93.3 cm³/mol. The van der Waals surface area contributed by atoms with Gasteiger partial charge < -0.3 is 4.90 Å². The van der Waals surface area contributed by atoms with Crippen molar-refractivity contribution in [3.05, 3.63) is 34.9 Å². The minimum atomic E-state index is -2.96. The van der Waals surface area contributed by atoms with Crippen molar-refractivity contribution in [2.24, 2.45) is 0 Å². The molecule has 1 heterocycles. The minimum absolute atomic E-state index is 0.0777. The molecule has 0 aliphatic carbocycles. The second kappa shape index (κ2) is 7.47. The normalized spacial score (nSPS) is 19.7. The van der Waals surface area contributed by atoms with Gasteiger partial charge in [0.25, 0.3) is 0 Å². The number of aryl methyl sites for hydroxylation is 3. The Morgan fingerprint density at radius 1 is 1.30 bits per heavy atom. The number of amides is 1. The molecule has 1 amide bonds. The van der Waals surface area contributed by atoms with Crippen LogP contribution in [0.25, 0.3) is 0 Å². The Balaban J connectivity index is 2.01. The summed E-state index contributed by atoms with van der Waals surface area (Å²) in [6, 6.07) is 6.15. The molecule has 1 aliphatic heterocycles. The molecule has 1 aromatic carbocycles. The van der Waals surface area contributed by atoms with Crippen molar-refractivity contribution in [1.29, 1.82) is 0 Å². The predicted octanol–water partition coefficient (Wildman–Crippen LogP) is 2.66. The summed E-state index contributed by atoms with van der Waals surface area (Å²) in [6.45, 7) is 6.80. The van der Waals surface area contributed by atoms with Crippen LogP contribution in [0.1, 0.15) is 42.9 Å². The summed E-state index contributed by atoms with van der Waals surface area (Å²) in [7, 11) is -2.96. The average Bonchev–Trinajstić information content (AvgIpc) is 2.83. The zero-order valence-electron chi connectivity index (χ0n) is 14.3. The van der Waals surface area contributed by atoms with Crippen LogP contribution in [0.5, 0.6) is 0 Å². The molecule has 1 aromatic rings. The largest absolute Gasteiger partial charge is 0.339 e. The van der Waals surface area contributed by atoms with Gasteiger partial charge in [-0.15, -0.1) is 0 Å². The Bertz CT molecular complexity index is 667. The Morgan fingerprint density at radius 2 is 2.04 bits per heavy atom. The van der Waals surface area contributed by atoms with Gasteiger partial charge in [-0.2, -0.15) is 0 Å². The van der Waals surface area contributed by atoms with Gasteiger partial charge in [-0.3, -0.25) is 4.79 Å². The van der Waals surface area contributed by atoms with Crippen LogP contribution in [0, 0.1) is 13.8 Å². The first-order valence-electron chi connectivity index (χ1n) is 8.38. The molecule has 0 radical (unpaired) electrons. The molecule has 0 bridgehead atoms. The molecule has 0 N–H and O–H groups in total. The number of benzene rings is 1. The molecule has 5 heteroatoms. The lowest BCUT2D eigenvalue weighted by Gasteiger charge is -2.28. The molecule has 1 aliphatic rings. The lowest BCUT2D eigenvalue weighted by molar-refractivity contribution is -0.133. The molecule has 2 rings (SSSR count). The number of rotatable bonds is 6. The van der Waals surface area contributed by atoms with Gasteiger partial charge in [0.05, 0.1) is 11.5 Å². The van der Waals surface area contributed by atoms with E-state index in [-0.39, 0.29) is 23.5 Å². The fraction of sp³-hybridized carbons (Fsp3) is 0.611. The van der Waals surface area contributed by atoms with Crippen LogP contribution in [0.2, 0.25) is 0 Å². The van der Waals surface area contributed by atoms with E-state index in [2.05, 4.69) is 32.0 Å². The first-order valence-corrected chi connectivity index (χ1v) is 10.2. The monoisotopic (exact) mass is 337 g/mol. The van der Waals surface area contributed by atoms with Gasteiger partial charge in [0.2, 0.25) is 5.91 Å². The number of carbonyl (C=O) groups is 1. The van der Waals surface area contributed by atoms with E-state index in [0.29, 0.717) is 25.8 Å². The summed E-state index contributed by atoms with van der Waals surface area (Å²) >= 11 is 0. The third-order valence-corrected chi connectivity index (χ3v) is 6.29. The van der Waals surface area contributed by atoms with Crippen LogP contribution in [0.4, 0.5) is 0 Å². The second-order valence-electron chi connectivity index (χ2n) is 6.57. The molecule has 23 heavy (non-hydrogen) atoms. The summed E-state index contributed by atoms with van der Waals surface area (Å²) in [4.78, 5) is 14.4. The van der Waals surface area contributed by atoms with Gasteiger partial charge in [0.15, 0.2) is 9.84 Å². The van der Waals surface area contributed by atoms with Gasteiger partial charge in [-0.25, -0.2) is 8.42 Å². The smallest absolute Gasteiger partial charge is 0.223 e.